The van der Waals surface area contributed by atoms with Gasteiger partial charge in [0.1, 0.15) is 24.4 Å². The zero-order valence-electron chi connectivity index (χ0n) is 42.9. The van der Waals surface area contributed by atoms with Gasteiger partial charge in [-0.1, -0.05) is 228 Å². The standard InChI is InChI=1S/C58H103NO8/c1-3-5-7-9-11-13-15-16-17-18-19-20-21-22-23-24-25-26-27-28-29-30-31-32-33-34-35-36-38-40-42-44-46-48-54(62)59-51(50-66-58-57(65)56(64)55(63)53(49-60)67-58)52(61)47-45-43-41-39-37-14-12-10-8-6-4-2/h5,7,11,13,16-17,19-20,37,39,45,47,51-53,55-58,60-61,63-65H,3-4,6,8-10,12,14-15,18,21-36,38,40-44,46,48-50H2,1-2H3,(H,59,62)/b7-5-,13-11-,17-16-,20-19-,39-37+,47-45+. The second-order valence-corrected chi connectivity index (χ2v) is 19.0. The Labute approximate surface area is 410 Å². The summed E-state index contributed by atoms with van der Waals surface area (Å²) in [7, 11) is 0. The molecule has 0 aromatic carbocycles. The highest BCUT2D eigenvalue weighted by Crippen LogP contribution is 2.23. The molecule has 1 aliphatic rings. The topological polar surface area (TPSA) is 149 Å². The van der Waals surface area contributed by atoms with Crippen molar-refractivity contribution in [2.45, 2.75) is 275 Å². The third-order valence-corrected chi connectivity index (χ3v) is 12.8. The lowest BCUT2D eigenvalue weighted by Gasteiger charge is -2.40. The second kappa shape index (κ2) is 47.3. The van der Waals surface area contributed by atoms with E-state index in [-0.39, 0.29) is 12.5 Å². The number of amides is 1. The Morgan fingerprint density at radius 1 is 0.522 bits per heavy atom. The molecular weight excluding hydrogens is 839 g/mol. The molecule has 1 aliphatic heterocycles. The van der Waals surface area contributed by atoms with Crippen molar-refractivity contribution in [1.82, 2.24) is 5.32 Å². The fraction of sp³-hybridized carbons (Fsp3) is 0.776. The van der Waals surface area contributed by atoms with Gasteiger partial charge >= 0.3 is 0 Å². The van der Waals surface area contributed by atoms with Crippen molar-refractivity contribution < 1.29 is 39.8 Å². The third kappa shape index (κ3) is 37.2. The first-order chi connectivity index (χ1) is 32.8. The Morgan fingerprint density at radius 3 is 1.43 bits per heavy atom. The molecule has 67 heavy (non-hydrogen) atoms. The lowest BCUT2D eigenvalue weighted by Crippen LogP contribution is -2.60. The minimum absolute atomic E-state index is 0.188. The number of unbranched alkanes of at least 4 members (excludes halogenated alkanes) is 26. The Hall–Kier alpha value is -2.37. The van der Waals surface area contributed by atoms with Crippen LogP contribution < -0.4 is 5.32 Å². The molecule has 7 atom stereocenters. The number of ether oxygens (including phenoxy) is 2. The summed E-state index contributed by atoms with van der Waals surface area (Å²) in [6, 6.07) is -0.821. The number of carbonyl (C=O) groups is 1. The molecule has 1 rings (SSSR count). The van der Waals surface area contributed by atoms with Crippen molar-refractivity contribution in [2.24, 2.45) is 0 Å². The summed E-state index contributed by atoms with van der Waals surface area (Å²) in [5, 5.41) is 54.2. The van der Waals surface area contributed by atoms with Crippen molar-refractivity contribution in [2.75, 3.05) is 13.2 Å². The van der Waals surface area contributed by atoms with E-state index in [1.807, 2.05) is 6.08 Å². The number of carbonyl (C=O) groups excluding carboxylic acids is 1. The minimum atomic E-state index is -1.57. The summed E-state index contributed by atoms with van der Waals surface area (Å²) < 4.78 is 11.2. The van der Waals surface area contributed by atoms with Gasteiger partial charge in [-0.05, 0) is 70.6 Å². The van der Waals surface area contributed by atoms with Crippen LogP contribution in [0.3, 0.4) is 0 Å². The van der Waals surface area contributed by atoms with Crippen LogP contribution in [0.15, 0.2) is 72.9 Å². The molecule has 0 aromatic rings. The van der Waals surface area contributed by atoms with Crippen LogP contribution in [0.2, 0.25) is 0 Å². The molecule has 1 heterocycles. The van der Waals surface area contributed by atoms with Gasteiger partial charge < -0.3 is 40.3 Å². The van der Waals surface area contributed by atoms with E-state index in [1.54, 1.807) is 6.08 Å². The Morgan fingerprint density at radius 2 is 0.940 bits per heavy atom. The first kappa shape index (κ1) is 62.6. The average Bonchev–Trinajstić information content (AvgIpc) is 3.33. The van der Waals surface area contributed by atoms with Gasteiger partial charge in [-0.15, -0.1) is 0 Å². The highest BCUT2D eigenvalue weighted by atomic mass is 16.7. The average molecular weight is 942 g/mol. The van der Waals surface area contributed by atoms with Crippen molar-refractivity contribution >= 4 is 5.91 Å². The number of nitrogens with one attached hydrogen (secondary N) is 1. The summed E-state index contributed by atoms with van der Waals surface area (Å²) >= 11 is 0. The zero-order valence-corrected chi connectivity index (χ0v) is 42.9. The second-order valence-electron chi connectivity index (χ2n) is 19.0. The van der Waals surface area contributed by atoms with Crippen molar-refractivity contribution in [3.05, 3.63) is 72.9 Å². The van der Waals surface area contributed by atoms with Crippen LogP contribution in [0.5, 0.6) is 0 Å². The van der Waals surface area contributed by atoms with E-state index in [0.29, 0.717) is 6.42 Å². The molecule has 0 bridgehead atoms. The SMILES string of the molecule is CC/C=C\C/C=C\C/C=C\C/C=C\CCCCCCCCCCCCCCCCCCCCCCC(=O)NC(COC1OC(CO)C(O)C(O)C1O)C(O)/C=C/CC/C=C/CCCCCCC. The fourth-order valence-electron chi connectivity index (χ4n) is 8.40. The maximum absolute atomic E-state index is 13.0. The van der Waals surface area contributed by atoms with Gasteiger partial charge in [0, 0.05) is 6.42 Å². The highest BCUT2D eigenvalue weighted by molar-refractivity contribution is 5.76. The lowest BCUT2D eigenvalue weighted by molar-refractivity contribution is -0.302. The molecule has 6 N–H and O–H groups in total. The summed E-state index contributed by atoms with van der Waals surface area (Å²) in [6.45, 7) is 3.62. The first-order valence-electron chi connectivity index (χ1n) is 27.7. The number of rotatable bonds is 46. The van der Waals surface area contributed by atoms with Crippen LogP contribution in [-0.2, 0) is 14.3 Å². The Bertz CT molecular complexity index is 1280. The molecule has 9 heteroatoms. The van der Waals surface area contributed by atoms with Crippen LogP contribution in [0, 0.1) is 0 Å². The maximum Gasteiger partial charge on any atom is 0.220 e. The van der Waals surface area contributed by atoms with E-state index in [2.05, 4.69) is 79.9 Å². The van der Waals surface area contributed by atoms with Crippen molar-refractivity contribution in [3.63, 3.8) is 0 Å². The highest BCUT2D eigenvalue weighted by Gasteiger charge is 2.44. The van der Waals surface area contributed by atoms with Gasteiger partial charge in [-0.25, -0.2) is 0 Å². The van der Waals surface area contributed by atoms with E-state index in [0.717, 1.165) is 64.2 Å². The summed E-state index contributed by atoms with van der Waals surface area (Å²) in [5.41, 5.74) is 0. The minimum Gasteiger partial charge on any atom is -0.394 e. The quantitative estimate of drug-likeness (QED) is 0.0261. The first-order valence-corrected chi connectivity index (χ1v) is 27.7. The predicted octanol–water partition coefficient (Wildman–Crippen LogP) is 13.3. The van der Waals surface area contributed by atoms with Gasteiger partial charge in [0.25, 0.3) is 0 Å². The molecule has 0 aromatic heterocycles. The van der Waals surface area contributed by atoms with Crippen LogP contribution in [0.1, 0.15) is 232 Å². The van der Waals surface area contributed by atoms with E-state index < -0.39 is 49.5 Å². The Kier molecular flexibility index (Phi) is 44.2. The molecule has 9 nitrogen and oxygen atoms in total. The lowest BCUT2D eigenvalue weighted by atomic mass is 9.99. The van der Waals surface area contributed by atoms with Gasteiger partial charge in [-0.3, -0.25) is 4.79 Å². The molecule has 1 saturated heterocycles. The molecule has 388 valence electrons. The van der Waals surface area contributed by atoms with E-state index in [1.165, 1.54) is 148 Å². The third-order valence-electron chi connectivity index (χ3n) is 12.8. The van der Waals surface area contributed by atoms with Crippen LogP contribution >= 0.6 is 0 Å². The summed E-state index contributed by atoms with van der Waals surface area (Å²) in [5.74, 6) is -0.188. The molecule has 0 radical (unpaired) electrons. The van der Waals surface area contributed by atoms with Gasteiger partial charge in [0.05, 0.1) is 25.4 Å². The molecular formula is C58H103NO8. The predicted molar refractivity (Wildman–Crippen MR) is 281 cm³/mol. The summed E-state index contributed by atoms with van der Waals surface area (Å²) in [6.07, 6.45) is 58.5. The number of hydrogen-bond donors (Lipinski definition) is 6. The van der Waals surface area contributed by atoms with Crippen molar-refractivity contribution in [1.29, 1.82) is 0 Å². The van der Waals surface area contributed by atoms with E-state index in [9.17, 15) is 30.3 Å². The van der Waals surface area contributed by atoms with E-state index in [4.69, 9.17) is 9.47 Å². The van der Waals surface area contributed by atoms with Gasteiger partial charge in [-0.2, -0.15) is 0 Å². The molecule has 1 fully saturated rings. The smallest absolute Gasteiger partial charge is 0.220 e. The number of hydrogen-bond acceptors (Lipinski definition) is 8. The zero-order chi connectivity index (χ0) is 48.7. The monoisotopic (exact) mass is 942 g/mol. The normalized spacial score (nSPS) is 20.3. The largest absolute Gasteiger partial charge is 0.394 e. The van der Waals surface area contributed by atoms with Gasteiger partial charge in [0.2, 0.25) is 5.91 Å². The molecule has 7 unspecified atom stereocenters. The maximum atomic E-state index is 13.0. The Balaban J connectivity index is 2.11. The van der Waals surface area contributed by atoms with Crippen LogP contribution in [0.4, 0.5) is 0 Å². The van der Waals surface area contributed by atoms with E-state index >= 15 is 0 Å². The van der Waals surface area contributed by atoms with Crippen LogP contribution in [0.25, 0.3) is 0 Å². The van der Waals surface area contributed by atoms with Crippen LogP contribution in [-0.4, -0.2) is 87.5 Å². The molecule has 0 spiro atoms. The number of aliphatic hydroxyl groups is 5. The molecule has 0 aliphatic carbocycles. The van der Waals surface area contributed by atoms with Crippen molar-refractivity contribution in [3.8, 4) is 0 Å². The molecule has 1 amide bonds. The molecule has 0 saturated carbocycles. The summed E-state index contributed by atoms with van der Waals surface area (Å²) in [4.78, 5) is 13.0. The number of aliphatic hydroxyl groups excluding tert-OH is 5. The number of allylic oxidation sites excluding steroid dienone is 11. The van der Waals surface area contributed by atoms with Gasteiger partial charge in [0.15, 0.2) is 6.29 Å². The fourth-order valence-corrected chi connectivity index (χ4v) is 8.40.